The Hall–Kier alpha value is -0.350. The van der Waals surface area contributed by atoms with E-state index in [1.54, 1.807) is 5.56 Å². The van der Waals surface area contributed by atoms with Crippen molar-refractivity contribution in [2.24, 2.45) is 0 Å². The first-order valence-corrected chi connectivity index (χ1v) is 15.2. The van der Waals surface area contributed by atoms with Crippen LogP contribution in [0.5, 0.6) is 0 Å². The van der Waals surface area contributed by atoms with E-state index in [0.29, 0.717) is 0 Å². The molecule has 0 spiro atoms. The molecule has 0 atom stereocenters. The predicted molar refractivity (Wildman–Crippen MR) is 125 cm³/mol. The second kappa shape index (κ2) is 12.9. The number of hydrogen-bond acceptors (Lipinski definition) is 0. The average molecular weight is 379 g/mol. The third kappa shape index (κ3) is 10.7. The summed E-state index contributed by atoms with van der Waals surface area (Å²) in [7, 11) is 0. The molecule has 0 saturated carbocycles. The first kappa shape index (κ1) is 23.7. The Morgan fingerprint density at radius 1 is 0.577 bits per heavy atom. The summed E-state index contributed by atoms with van der Waals surface area (Å²) in [5.74, 6) is 0. The molecule has 0 aliphatic carbocycles. The molecule has 1 heteroatoms. The maximum absolute atomic E-state index is 2.70. The van der Waals surface area contributed by atoms with Crippen molar-refractivity contribution in [3.05, 3.63) is 35.9 Å². The first-order valence-electron chi connectivity index (χ1n) is 11.5. The molecule has 1 aromatic rings. The van der Waals surface area contributed by atoms with Crippen molar-refractivity contribution in [2.45, 2.75) is 97.1 Å². The third-order valence-electron chi connectivity index (χ3n) is 6.12. The van der Waals surface area contributed by atoms with E-state index in [1.165, 1.54) is 95.5 Å². The summed E-state index contributed by atoms with van der Waals surface area (Å²) in [6.45, 7) is 8.42. The van der Waals surface area contributed by atoms with Crippen LogP contribution in [0.3, 0.4) is 0 Å². The molecule has 0 nitrogen and oxygen atoms in total. The van der Waals surface area contributed by atoms with Gasteiger partial charge in [-0.25, -0.2) is 0 Å². The summed E-state index contributed by atoms with van der Waals surface area (Å²) in [4.78, 5) is 0. The fourth-order valence-electron chi connectivity index (χ4n) is 4.34. The van der Waals surface area contributed by atoms with Gasteiger partial charge in [0.1, 0.15) is 0 Å². The van der Waals surface area contributed by atoms with Crippen molar-refractivity contribution in [3.63, 3.8) is 0 Å². The molecule has 0 aliphatic rings. The predicted octanol–water partition coefficient (Wildman–Crippen LogP) is 8.72. The second-order valence-electron chi connectivity index (χ2n) is 9.64. The molecule has 0 amide bonds. The molecule has 0 aromatic heterocycles. The van der Waals surface area contributed by atoms with E-state index >= 15 is 0 Å². The minimum atomic E-state index is -1.61. The van der Waals surface area contributed by atoms with Gasteiger partial charge in [-0.3, -0.25) is 0 Å². The van der Waals surface area contributed by atoms with E-state index in [1.807, 2.05) is 0 Å². The number of rotatable bonds is 16. The Kier molecular flexibility index (Phi) is 11.8. The number of hydrogen-bond donors (Lipinski definition) is 0. The Labute approximate surface area is 165 Å². The molecule has 0 aliphatic heterocycles. The van der Waals surface area contributed by atoms with Gasteiger partial charge < -0.3 is 0 Å². The maximum atomic E-state index is 2.70. The number of unbranched alkanes of at least 4 members (excludes halogenated alkanes) is 10. The van der Waals surface area contributed by atoms with Crippen LogP contribution in [0.1, 0.15) is 96.5 Å². The Morgan fingerprint density at radius 3 is 1.50 bits per heavy atom. The molecule has 0 heterocycles. The Bertz CT molecular complexity index is 448. The topological polar surface area (TPSA) is 0 Å². The van der Waals surface area contributed by atoms with E-state index in [-0.39, 0.29) is 0 Å². The van der Waals surface area contributed by atoms with Crippen molar-refractivity contribution in [3.8, 4) is 0 Å². The molecular weight excluding hydrogens is 331 g/mol. The van der Waals surface area contributed by atoms with Crippen LogP contribution in [0.4, 0.5) is 0 Å². The molecule has 0 saturated heterocycles. The molecule has 1 rings (SSSR count). The van der Waals surface area contributed by atoms with Gasteiger partial charge in [0, 0.05) is 0 Å². The van der Waals surface area contributed by atoms with Crippen LogP contribution < -0.4 is 0 Å². The molecular formula is C25H47P. The van der Waals surface area contributed by atoms with Gasteiger partial charge in [0.2, 0.25) is 0 Å². The van der Waals surface area contributed by atoms with Crippen molar-refractivity contribution in [2.75, 3.05) is 25.7 Å². The van der Waals surface area contributed by atoms with E-state index in [2.05, 4.69) is 57.5 Å². The average Bonchev–Trinajstić information content (AvgIpc) is 2.62. The molecule has 26 heavy (non-hydrogen) atoms. The SMILES string of the molecule is CCCCCCCCCCP(C)(C)(CCCCCC)Cc1ccccc1. The Morgan fingerprint density at radius 2 is 1.00 bits per heavy atom. The van der Waals surface area contributed by atoms with Gasteiger partial charge >= 0.3 is 165 Å². The van der Waals surface area contributed by atoms with Gasteiger partial charge in [-0.15, -0.1) is 0 Å². The fourth-order valence-corrected chi connectivity index (χ4v) is 8.94. The van der Waals surface area contributed by atoms with Gasteiger partial charge in [0.15, 0.2) is 0 Å². The fraction of sp³-hybridized carbons (Fsp3) is 0.760. The van der Waals surface area contributed by atoms with Crippen LogP contribution in [0.2, 0.25) is 0 Å². The van der Waals surface area contributed by atoms with Crippen molar-refractivity contribution in [1.82, 2.24) is 0 Å². The minimum absolute atomic E-state index is 1.35. The quantitative estimate of drug-likeness (QED) is 0.199. The number of benzene rings is 1. The van der Waals surface area contributed by atoms with Crippen LogP contribution in [-0.4, -0.2) is 25.7 Å². The van der Waals surface area contributed by atoms with Crippen LogP contribution >= 0.6 is 6.60 Å². The van der Waals surface area contributed by atoms with Crippen molar-refractivity contribution < 1.29 is 0 Å². The van der Waals surface area contributed by atoms with E-state index < -0.39 is 6.60 Å². The molecule has 152 valence electrons. The monoisotopic (exact) mass is 378 g/mol. The zero-order chi connectivity index (χ0) is 19.2. The van der Waals surface area contributed by atoms with E-state index in [4.69, 9.17) is 0 Å². The molecule has 0 radical (unpaired) electrons. The summed E-state index contributed by atoms with van der Waals surface area (Å²) in [5, 5.41) is 0. The van der Waals surface area contributed by atoms with E-state index in [9.17, 15) is 0 Å². The second-order valence-corrected chi connectivity index (χ2v) is 16.9. The van der Waals surface area contributed by atoms with Crippen LogP contribution in [0, 0.1) is 0 Å². The molecule has 0 unspecified atom stereocenters. The zero-order valence-corrected chi connectivity index (χ0v) is 19.3. The molecule has 0 bridgehead atoms. The Balaban J connectivity index is 2.49. The first-order chi connectivity index (χ1) is 12.5. The van der Waals surface area contributed by atoms with E-state index in [0.717, 1.165) is 0 Å². The molecule has 1 aromatic carbocycles. The van der Waals surface area contributed by atoms with Gasteiger partial charge in [0.25, 0.3) is 0 Å². The van der Waals surface area contributed by atoms with Crippen LogP contribution in [0.15, 0.2) is 30.3 Å². The van der Waals surface area contributed by atoms with Gasteiger partial charge in [-0.05, 0) is 0 Å². The third-order valence-corrected chi connectivity index (χ3v) is 11.2. The summed E-state index contributed by atoms with van der Waals surface area (Å²) in [6.07, 6.45) is 21.5. The molecule has 0 N–H and O–H groups in total. The van der Waals surface area contributed by atoms with Crippen molar-refractivity contribution in [1.29, 1.82) is 0 Å². The van der Waals surface area contributed by atoms with Gasteiger partial charge in [-0.2, -0.15) is 0 Å². The van der Waals surface area contributed by atoms with Crippen molar-refractivity contribution >= 4 is 6.60 Å². The summed E-state index contributed by atoms with van der Waals surface area (Å²) >= 11 is 0. The van der Waals surface area contributed by atoms with Crippen LogP contribution in [0.25, 0.3) is 0 Å². The van der Waals surface area contributed by atoms with Gasteiger partial charge in [0.05, 0.1) is 0 Å². The van der Waals surface area contributed by atoms with Gasteiger partial charge in [-0.1, -0.05) is 0 Å². The summed E-state index contributed by atoms with van der Waals surface area (Å²) < 4.78 is 0. The molecule has 0 fully saturated rings. The normalized spacial score (nSPS) is 13.5. The standard InChI is InChI=1S/C25H47P/c1-5-7-9-11-12-13-14-19-23-26(3,4,22-18-10-8-6-2)24-25-20-16-15-17-21-25/h15-17,20-21H,5-14,18-19,22-24H2,1-4H3. The van der Waals surface area contributed by atoms with Crippen LogP contribution in [-0.2, 0) is 6.16 Å². The zero-order valence-electron chi connectivity index (χ0n) is 18.4. The summed E-state index contributed by atoms with van der Waals surface area (Å²) in [6, 6.07) is 11.3. The summed E-state index contributed by atoms with van der Waals surface area (Å²) in [5.41, 5.74) is 1.57.